The minimum atomic E-state index is -0.764. The number of carbonyl (C=O) groups excluding carboxylic acids is 2. The lowest BCUT2D eigenvalue weighted by molar-refractivity contribution is -0.384. The van der Waals surface area contributed by atoms with E-state index in [4.69, 9.17) is 0 Å². The summed E-state index contributed by atoms with van der Waals surface area (Å²) in [5.74, 6) is -0.154. The molecule has 1 heterocycles. The van der Waals surface area contributed by atoms with Crippen molar-refractivity contribution in [3.63, 3.8) is 0 Å². The van der Waals surface area contributed by atoms with Gasteiger partial charge in [0.05, 0.1) is 22.3 Å². The van der Waals surface area contributed by atoms with Gasteiger partial charge in [-0.1, -0.05) is 74.4 Å². The van der Waals surface area contributed by atoms with E-state index in [0.29, 0.717) is 36.1 Å². The van der Waals surface area contributed by atoms with Crippen molar-refractivity contribution in [2.45, 2.75) is 57.4 Å². The summed E-state index contributed by atoms with van der Waals surface area (Å²) in [6.07, 6.45) is 3.88. The molecule has 1 amide bonds. The topological polar surface area (TPSA) is 92.6 Å². The number of allylic oxidation sites excluding steroid dienone is 1. The average Bonchev–Trinajstić information content (AvgIpc) is 3.08. The summed E-state index contributed by atoms with van der Waals surface area (Å²) >= 11 is 0. The fourth-order valence-corrected chi connectivity index (χ4v) is 5.60. The van der Waals surface area contributed by atoms with Crippen LogP contribution in [0, 0.1) is 10.1 Å². The Labute approximate surface area is 222 Å². The monoisotopic (exact) mass is 509 g/mol. The summed E-state index contributed by atoms with van der Waals surface area (Å²) in [4.78, 5) is 40.8. The molecule has 1 aliphatic heterocycles. The Hall–Kier alpha value is -4.26. The predicted molar refractivity (Wildman–Crippen MR) is 148 cm³/mol. The Balaban J connectivity index is 1.69. The molecule has 194 valence electrons. The van der Waals surface area contributed by atoms with Crippen LogP contribution in [0.1, 0.15) is 68.5 Å². The number of anilines is 2. The first-order valence-electron chi connectivity index (χ1n) is 13.2. The van der Waals surface area contributed by atoms with Gasteiger partial charge >= 0.3 is 0 Å². The number of non-ortho nitro benzene ring substituents is 1. The maximum atomic E-state index is 14.0. The number of ketones is 1. The number of nitrogens with zero attached hydrogens (tertiary/aromatic N) is 2. The molecule has 0 bridgehead atoms. The van der Waals surface area contributed by atoms with Crippen molar-refractivity contribution in [1.29, 1.82) is 0 Å². The van der Waals surface area contributed by atoms with E-state index in [9.17, 15) is 19.7 Å². The fourth-order valence-electron chi connectivity index (χ4n) is 5.60. The lowest BCUT2D eigenvalue weighted by atomic mass is 9.78. The number of rotatable bonds is 7. The van der Waals surface area contributed by atoms with E-state index in [2.05, 4.69) is 12.2 Å². The van der Waals surface area contributed by atoms with Crippen molar-refractivity contribution in [2.24, 2.45) is 0 Å². The Morgan fingerprint density at radius 1 is 0.974 bits per heavy atom. The lowest BCUT2D eigenvalue weighted by Crippen LogP contribution is -2.38. The third-order valence-electron chi connectivity index (χ3n) is 7.42. The van der Waals surface area contributed by atoms with Gasteiger partial charge in [-0.05, 0) is 42.0 Å². The van der Waals surface area contributed by atoms with E-state index in [-0.39, 0.29) is 23.3 Å². The lowest BCUT2D eigenvalue weighted by Gasteiger charge is -2.35. The molecule has 7 heteroatoms. The van der Waals surface area contributed by atoms with Crippen LogP contribution in [0.4, 0.5) is 17.1 Å². The number of benzene rings is 3. The highest BCUT2D eigenvalue weighted by Crippen LogP contribution is 2.48. The van der Waals surface area contributed by atoms with Crippen LogP contribution in [0.3, 0.4) is 0 Å². The molecule has 0 saturated heterocycles. The fraction of sp³-hybridized carbons (Fsp3) is 0.290. The smallest absolute Gasteiger partial charge is 0.269 e. The highest BCUT2D eigenvalue weighted by Gasteiger charge is 2.41. The summed E-state index contributed by atoms with van der Waals surface area (Å²) < 4.78 is 0. The molecular formula is C31H31N3O4. The molecule has 0 aromatic heterocycles. The molecule has 1 aliphatic carbocycles. The van der Waals surface area contributed by atoms with Gasteiger partial charge in [-0.15, -0.1) is 0 Å². The Morgan fingerprint density at radius 2 is 1.71 bits per heavy atom. The molecule has 2 atom stereocenters. The van der Waals surface area contributed by atoms with Crippen LogP contribution in [0.15, 0.2) is 90.1 Å². The third kappa shape index (κ3) is 4.96. The number of unbranched alkanes of at least 4 members (excludes halogenated alkanes) is 2. The van der Waals surface area contributed by atoms with E-state index >= 15 is 0 Å². The molecule has 3 aromatic rings. The number of nitro benzene ring substituents is 1. The Morgan fingerprint density at radius 3 is 2.47 bits per heavy atom. The van der Waals surface area contributed by atoms with Gasteiger partial charge in [-0.25, -0.2) is 0 Å². The number of fused-ring (bicyclic) bond motifs is 1. The highest BCUT2D eigenvalue weighted by molar-refractivity contribution is 6.06. The highest BCUT2D eigenvalue weighted by atomic mass is 16.6. The minimum absolute atomic E-state index is 0.000299. The number of amides is 1. The minimum Gasteiger partial charge on any atom is -0.357 e. The molecule has 0 unspecified atom stereocenters. The van der Waals surface area contributed by atoms with Gasteiger partial charge in [0.15, 0.2) is 5.78 Å². The molecule has 0 fully saturated rings. The number of hydrogen-bond donors (Lipinski definition) is 1. The molecule has 0 saturated carbocycles. The summed E-state index contributed by atoms with van der Waals surface area (Å²) in [5.41, 5.74) is 4.27. The van der Waals surface area contributed by atoms with E-state index in [1.165, 1.54) is 12.1 Å². The van der Waals surface area contributed by atoms with E-state index in [1.807, 2.05) is 54.6 Å². The van der Waals surface area contributed by atoms with Crippen LogP contribution in [-0.2, 0) is 9.59 Å². The molecule has 5 rings (SSSR count). The zero-order valence-corrected chi connectivity index (χ0v) is 21.4. The van der Waals surface area contributed by atoms with Gasteiger partial charge in [0, 0.05) is 36.2 Å². The quantitative estimate of drug-likeness (QED) is 0.209. The maximum absolute atomic E-state index is 14.0. The standard InChI is InChI=1S/C31H31N3O4/c1-2-3-5-17-29(36)33-27-16-9-8-15-25(27)32-26-19-23(21-11-6-4-7-12-21)20-28(35)30(26)31(33)22-13-10-14-24(18-22)34(37)38/h4,6-16,18,23,31-32H,2-3,5,17,19-20H2,1H3/t23-,31+/m1/s1. The van der Waals surface area contributed by atoms with Crippen LogP contribution < -0.4 is 10.2 Å². The van der Waals surface area contributed by atoms with Crippen molar-refractivity contribution in [3.8, 4) is 0 Å². The SMILES string of the molecule is CCCCCC(=O)N1c2ccccc2NC2=C(C(=O)C[C@H](c3ccccc3)C2)[C@@H]1c1cccc([N+](=O)[O-])c1. The Kier molecular flexibility index (Phi) is 7.36. The van der Waals surface area contributed by atoms with Crippen molar-refractivity contribution >= 4 is 28.8 Å². The number of hydrogen-bond acceptors (Lipinski definition) is 5. The summed E-state index contributed by atoms with van der Waals surface area (Å²) in [6.45, 7) is 2.09. The van der Waals surface area contributed by atoms with Gasteiger partial charge in [0.1, 0.15) is 0 Å². The van der Waals surface area contributed by atoms with Crippen LogP contribution in [0.2, 0.25) is 0 Å². The molecule has 7 nitrogen and oxygen atoms in total. The second kappa shape index (κ2) is 11.0. The number of nitrogens with one attached hydrogen (secondary N) is 1. The van der Waals surface area contributed by atoms with Crippen molar-refractivity contribution in [3.05, 3.63) is 111 Å². The number of Topliss-reactive ketones (excluding diaryl/α,β-unsaturated/α-hetero) is 1. The van der Waals surface area contributed by atoms with Crippen LogP contribution >= 0.6 is 0 Å². The summed E-state index contributed by atoms with van der Waals surface area (Å²) in [7, 11) is 0. The van der Waals surface area contributed by atoms with Gasteiger partial charge < -0.3 is 5.32 Å². The number of nitro groups is 1. The molecule has 0 radical (unpaired) electrons. The number of carbonyl (C=O) groups is 2. The summed E-state index contributed by atoms with van der Waals surface area (Å²) in [6, 6.07) is 23.1. The molecule has 1 N–H and O–H groups in total. The van der Waals surface area contributed by atoms with Gasteiger partial charge in [-0.3, -0.25) is 24.6 Å². The maximum Gasteiger partial charge on any atom is 0.269 e. The Bertz CT molecular complexity index is 1400. The molecule has 0 spiro atoms. The van der Waals surface area contributed by atoms with E-state index in [1.54, 1.807) is 17.0 Å². The van der Waals surface area contributed by atoms with Crippen LogP contribution in [0.25, 0.3) is 0 Å². The van der Waals surface area contributed by atoms with E-state index < -0.39 is 11.0 Å². The first-order valence-corrected chi connectivity index (χ1v) is 13.2. The van der Waals surface area contributed by atoms with Crippen LogP contribution in [0.5, 0.6) is 0 Å². The van der Waals surface area contributed by atoms with E-state index in [0.717, 1.165) is 36.2 Å². The second-order valence-corrected chi connectivity index (χ2v) is 9.95. The second-order valence-electron chi connectivity index (χ2n) is 9.95. The number of para-hydroxylation sites is 2. The van der Waals surface area contributed by atoms with Crippen LogP contribution in [-0.4, -0.2) is 16.6 Å². The van der Waals surface area contributed by atoms with Gasteiger partial charge in [0.25, 0.3) is 5.69 Å². The zero-order chi connectivity index (χ0) is 26.6. The first kappa shape index (κ1) is 25.4. The average molecular weight is 510 g/mol. The normalized spacial score (nSPS) is 18.8. The van der Waals surface area contributed by atoms with Crippen molar-refractivity contribution in [1.82, 2.24) is 0 Å². The molecular weight excluding hydrogens is 478 g/mol. The van der Waals surface area contributed by atoms with Gasteiger partial charge in [0.2, 0.25) is 5.91 Å². The van der Waals surface area contributed by atoms with Gasteiger partial charge in [-0.2, -0.15) is 0 Å². The largest absolute Gasteiger partial charge is 0.357 e. The molecule has 3 aromatic carbocycles. The van der Waals surface area contributed by atoms with Crippen molar-refractivity contribution < 1.29 is 14.5 Å². The van der Waals surface area contributed by atoms with Crippen molar-refractivity contribution in [2.75, 3.05) is 10.2 Å². The predicted octanol–water partition coefficient (Wildman–Crippen LogP) is 7.08. The zero-order valence-electron chi connectivity index (χ0n) is 21.4. The molecule has 38 heavy (non-hydrogen) atoms. The summed E-state index contributed by atoms with van der Waals surface area (Å²) in [5, 5.41) is 15.2. The molecule has 2 aliphatic rings. The first-order chi connectivity index (χ1) is 18.5. The third-order valence-corrected chi connectivity index (χ3v) is 7.42.